The summed E-state index contributed by atoms with van der Waals surface area (Å²) in [5, 5.41) is 4.46. The van der Waals surface area contributed by atoms with Crippen molar-refractivity contribution in [3.8, 4) is 0 Å². The molecule has 2 aromatic rings. The molecule has 2 rings (SSSR count). The summed E-state index contributed by atoms with van der Waals surface area (Å²) in [5.41, 5.74) is -3.43. The number of halogens is 7. The van der Waals surface area contributed by atoms with Crippen LogP contribution < -0.4 is 10.6 Å². The number of hydrogen-bond donors (Lipinski definition) is 2. The Balaban J connectivity index is 2.14. The highest BCUT2D eigenvalue weighted by Crippen LogP contribution is 2.37. The van der Waals surface area contributed by atoms with Crippen LogP contribution in [0.25, 0.3) is 0 Å². The van der Waals surface area contributed by atoms with E-state index in [9.17, 15) is 35.5 Å². The first-order valence-corrected chi connectivity index (χ1v) is 7.04. The molecule has 1 amide bonds. The van der Waals surface area contributed by atoms with Crippen molar-refractivity contribution in [2.75, 3.05) is 17.2 Å². The molecule has 0 aliphatic rings. The van der Waals surface area contributed by atoms with Gasteiger partial charge in [-0.05, 0) is 36.4 Å². The van der Waals surface area contributed by atoms with Gasteiger partial charge in [-0.15, -0.1) is 0 Å². The van der Waals surface area contributed by atoms with Crippen LogP contribution in [0.1, 0.15) is 11.1 Å². The maximum atomic E-state index is 13.0. The summed E-state index contributed by atoms with van der Waals surface area (Å²) >= 11 is 0. The molecule has 0 heterocycles. The van der Waals surface area contributed by atoms with Crippen LogP contribution in [-0.2, 0) is 17.1 Å². The fourth-order valence-corrected chi connectivity index (χ4v) is 2.01. The van der Waals surface area contributed by atoms with Crippen molar-refractivity contribution in [2.45, 2.75) is 12.4 Å². The zero-order chi connectivity index (χ0) is 19.5. The molecule has 10 heteroatoms. The van der Waals surface area contributed by atoms with Gasteiger partial charge in [-0.2, -0.15) is 26.3 Å². The molecule has 26 heavy (non-hydrogen) atoms. The summed E-state index contributed by atoms with van der Waals surface area (Å²) in [4.78, 5) is 11.7. The van der Waals surface area contributed by atoms with E-state index >= 15 is 0 Å². The molecular formula is C16H11F7N2O. The SMILES string of the molecule is O=C(CNc1cc(C(F)(F)F)cc(C(F)(F)F)c1)Nc1cccc(F)c1. The van der Waals surface area contributed by atoms with Crippen LogP contribution in [-0.4, -0.2) is 12.5 Å². The molecule has 0 aliphatic heterocycles. The van der Waals surface area contributed by atoms with E-state index < -0.39 is 47.4 Å². The molecule has 140 valence electrons. The summed E-state index contributed by atoms with van der Waals surface area (Å²) in [5.74, 6) is -1.40. The lowest BCUT2D eigenvalue weighted by molar-refractivity contribution is -0.143. The van der Waals surface area contributed by atoms with Crippen molar-refractivity contribution in [1.29, 1.82) is 0 Å². The number of hydrogen-bond acceptors (Lipinski definition) is 2. The van der Waals surface area contributed by atoms with Crippen LogP contribution in [0.2, 0.25) is 0 Å². The van der Waals surface area contributed by atoms with Gasteiger partial charge in [0, 0.05) is 11.4 Å². The second-order valence-corrected chi connectivity index (χ2v) is 5.21. The Hall–Kier alpha value is -2.78. The maximum Gasteiger partial charge on any atom is 0.416 e. The van der Waals surface area contributed by atoms with Crippen LogP contribution >= 0.6 is 0 Å². The molecule has 0 fully saturated rings. The number of nitrogens with one attached hydrogen (secondary N) is 2. The summed E-state index contributed by atoms with van der Waals surface area (Å²) in [7, 11) is 0. The monoisotopic (exact) mass is 380 g/mol. The molecule has 3 nitrogen and oxygen atoms in total. The minimum Gasteiger partial charge on any atom is -0.376 e. The van der Waals surface area contributed by atoms with Gasteiger partial charge in [0.05, 0.1) is 17.7 Å². The zero-order valence-corrected chi connectivity index (χ0v) is 12.8. The van der Waals surface area contributed by atoms with Crippen molar-refractivity contribution in [3.63, 3.8) is 0 Å². The predicted octanol–water partition coefficient (Wildman–Crippen LogP) is 4.91. The molecule has 0 saturated heterocycles. The van der Waals surface area contributed by atoms with Crippen LogP contribution in [0.3, 0.4) is 0 Å². The van der Waals surface area contributed by atoms with E-state index in [1.807, 2.05) is 0 Å². The minimum atomic E-state index is -4.98. The van der Waals surface area contributed by atoms with Gasteiger partial charge < -0.3 is 10.6 Å². The van der Waals surface area contributed by atoms with Crippen LogP contribution in [0, 0.1) is 5.82 Å². The molecule has 2 N–H and O–H groups in total. The lowest BCUT2D eigenvalue weighted by Gasteiger charge is -2.15. The lowest BCUT2D eigenvalue weighted by Crippen LogP contribution is -2.22. The third-order valence-corrected chi connectivity index (χ3v) is 3.15. The Morgan fingerprint density at radius 2 is 1.42 bits per heavy atom. The maximum absolute atomic E-state index is 13.0. The van der Waals surface area contributed by atoms with E-state index in [1.165, 1.54) is 12.1 Å². The third kappa shape index (κ3) is 5.36. The van der Waals surface area contributed by atoms with E-state index in [-0.39, 0.29) is 11.8 Å². The third-order valence-electron chi connectivity index (χ3n) is 3.15. The Morgan fingerprint density at radius 3 is 1.92 bits per heavy atom. The van der Waals surface area contributed by atoms with E-state index in [0.717, 1.165) is 12.1 Å². The fourth-order valence-electron chi connectivity index (χ4n) is 2.01. The van der Waals surface area contributed by atoms with Crippen molar-refractivity contribution in [3.05, 3.63) is 59.4 Å². The minimum absolute atomic E-state index is 0.0159. The molecule has 0 radical (unpaired) electrons. The normalized spacial score (nSPS) is 12.0. The second kappa shape index (κ2) is 7.22. The van der Waals surface area contributed by atoms with Crippen molar-refractivity contribution < 1.29 is 35.5 Å². The van der Waals surface area contributed by atoms with Gasteiger partial charge >= 0.3 is 12.4 Å². The quantitative estimate of drug-likeness (QED) is 0.740. The van der Waals surface area contributed by atoms with E-state index in [4.69, 9.17) is 0 Å². The summed E-state index contributed by atoms with van der Waals surface area (Å²) < 4.78 is 89.5. The standard InChI is InChI=1S/C16H11F7N2O/c17-11-2-1-3-12(7-11)25-14(26)8-24-13-5-9(15(18,19)20)4-10(6-13)16(21,22)23/h1-7,24H,8H2,(H,25,26). The fraction of sp³-hybridized carbons (Fsp3) is 0.188. The average Bonchev–Trinajstić information content (AvgIpc) is 2.51. The Bertz CT molecular complexity index is 768. The molecule has 0 atom stereocenters. The van der Waals surface area contributed by atoms with Crippen LogP contribution in [0.4, 0.5) is 42.1 Å². The molecule has 0 spiro atoms. The number of carbonyl (C=O) groups is 1. The molecule has 0 unspecified atom stereocenters. The topological polar surface area (TPSA) is 41.1 Å². The molecule has 2 aromatic carbocycles. The van der Waals surface area contributed by atoms with Crippen molar-refractivity contribution >= 4 is 17.3 Å². The van der Waals surface area contributed by atoms with Crippen LogP contribution in [0.15, 0.2) is 42.5 Å². The van der Waals surface area contributed by atoms with Gasteiger partial charge in [-0.3, -0.25) is 4.79 Å². The number of amides is 1. The Morgan fingerprint density at radius 1 is 0.846 bits per heavy atom. The van der Waals surface area contributed by atoms with Gasteiger partial charge in [0.15, 0.2) is 0 Å². The first kappa shape index (κ1) is 19.5. The largest absolute Gasteiger partial charge is 0.416 e. The van der Waals surface area contributed by atoms with Gasteiger partial charge in [-0.25, -0.2) is 4.39 Å². The summed E-state index contributed by atoms with van der Waals surface area (Å²) in [6.07, 6.45) is -9.97. The van der Waals surface area contributed by atoms with Crippen molar-refractivity contribution in [2.24, 2.45) is 0 Å². The first-order chi connectivity index (χ1) is 11.9. The highest BCUT2D eigenvalue weighted by Gasteiger charge is 2.36. The van der Waals surface area contributed by atoms with E-state index in [2.05, 4.69) is 10.6 Å². The van der Waals surface area contributed by atoms with Crippen molar-refractivity contribution in [1.82, 2.24) is 0 Å². The molecule has 0 aliphatic carbocycles. The molecule has 0 saturated carbocycles. The first-order valence-electron chi connectivity index (χ1n) is 7.04. The summed E-state index contributed by atoms with van der Waals surface area (Å²) in [6, 6.07) is 5.74. The van der Waals surface area contributed by atoms with E-state index in [0.29, 0.717) is 12.1 Å². The average molecular weight is 380 g/mol. The zero-order valence-electron chi connectivity index (χ0n) is 12.8. The molecular weight excluding hydrogens is 369 g/mol. The van der Waals surface area contributed by atoms with Gasteiger partial charge in [0.1, 0.15) is 5.82 Å². The van der Waals surface area contributed by atoms with Gasteiger partial charge in [-0.1, -0.05) is 6.07 Å². The number of alkyl halides is 6. The number of anilines is 2. The number of benzene rings is 2. The number of rotatable bonds is 4. The second-order valence-electron chi connectivity index (χ2n) is 5.21. The lowest BCUT2D eigenvalue weighted by atomic mass is 10.1. The Labute approximate surface area is 142 Å². The Kier molecular flexibility index (Phi) is 5.43. The smallest absolute Gasteiger partial charge is 0.376 e. The number of carbonyl (C=O) groups excluding carboxylic acids is 1. The van der Waals surface area contributed by atoms with Gasteiger partial charge in [0.2, 0.25) is 5.91 Å². The van der Waals surface area contributed by atoms with Crippen LogP contribution in [0.5, 0.6) is 0 Å². The molecule has 0 bridgehead atoms. The molecule has 0 aromatic heterocycles. The highest BCUT2D eigenvalue weighted by atomic mass is 19.4. The predicted molar refractivity (Wildman–Crippen MR) is 80.0 cm³/mol. The summed E-state index contributed by atoms with van der Waals surface area (Å²) in [6.45, 7) is -0.616. The van der Waals surface area contributed by atoms with E-state index in [1.54, 1.807) is 0 Å². The highest BCUT2D eigenvalue weighted by molar-refractivity contribution is 5.93. The van der Waals surface area contributed by atoms with Gasteiger partial charge in [0.25, 0.3) is 0 Å².